The second-order valence-corrected chi connectivity index (χ2v) is 5.49. The van der Waals surface area contributed by atoms with Crippen molar-refractivity contribution in [2.75, 3.05) is 19.7 Å². The molecule has 1 saturated carbocycles. The van der Waals surface area contributed by atoms with Gasteiger partial charge in [-0.15, -0.1) is 6.58 Å². The third-order valence-electron chi connectivity index (χ3n) is 2.18. The molecule has 0 radical (unpaired) electrons. The minimum absolute atomic E-state index is 0.00881. The van der Waals surface area contributed by atoms with Gasteiger partial charge < -0.3 is 4.74 Å². The number of hydrogen-bond acceptors (Lipinski definition) is 4. The van der Waals surface area contributed by atoms with Crippen LogP contribution < -0.4 is 4.72 Å². The molecular formula is C10H18N2O4S. The lowest BCUT2D eigenvalue weighted by molar-refractivity contribution is -0.143. The summed E-state index contributed by atoms with van der Waals surface area (Å²) in [5.41, 5.74) is 0. The number of ether oxygens (including phenoxy) is 1. The van der Waals surface area contributed by atoms with Crippen molar-refractivity contribution in [1.82, 2.24) is 9.03 Å². The SMILES string of the molecule is C=CCN(CC(=O)OCC)S(=O)(=O)NC1CC1. The van der Waals surface area contributed by atoms with Crippen molar-refractivity contribution in [3.05, 3.63) is 12.7 Å². The maximum Gasteiger partial charge on any atom is 0.321 e. The van der Waals surface area contributed by atoms with Crippen LogP contribution in [0.3, 0.4) is 0 Å². The first-order valence-corrected chi connectivity index (χ1v) is 6.97. The molecule has 0 unspecified atom stereocenters. The van der Waals surface area contributed by atoms with Gasteiger partial charge in [-0.3, -0.25) is 4.79 Å². The Labute approximate surface area is 102 Å². The first-order valence-electron chi connectivity index (χ1n) is 5.53. The number of esters is 1. The van der Waals surface area contributed by atoms with E-state index in [1.807, 2.05) is 0 Å². The van der Waals surface area contributed by atoms with Crippen LogP contribution in [0.15, 0.2) is 12.7 Å². The molecule has 1 N–H and O–H groups in total. The molecule has 0 spiro atoms. The van der Waals surface area contributed by atoms with E-state index in [0.29, 0.717) is 0 Å². The Hall–Kier alpha value is -0.920. The molecule has 0 amide bonds. The van der Waals surface area contributed by atoms with Crippen LogP contribution in [0.1, 0.15) is 19.8 Å². The summed E-state index contributed by atoms with van der Waals surface area (Å²) in [5, 5.41) is 0. The third kappa shape index (κ3) is 4.84. The molecule has 7 heteroatoms. The van der Waals surface area contributed by atoms with E-state index in [0.717, 1.165) is 17.1 Å². The summed E-state index contributed by atoms with van der Waals surface area (Å²) in [7, 11) is -3.62. The summed E-state index contributed by atoms with van der Waals surface area (Å²) in [6.45, 7) is 5.18. The van der Waals surface area contributed by atoms with E-state index in [2.05, 4.69) is 11.3 Å². The first-order chi connectivity index (χ1) is 7.99. The smallest absolute Gasteiger partial charge is 0.321 e. The Balaban J connectivity index is 2.62. The van der Waals surface area contributed by atoms with Crippen LogP contribution in [0.2, 0.25) is 0 Å². The first kappa shape index (κ1) is 14.1. The lowest BCUT2D eigenvalue weighted by atomic mass is 10.5. The van der Waals surface area contributed by atoms with Gasteiger partial charge in [-0.1, -0.05) is 6.08 Å². The van der Waals surface area contributed by atoms with E-state index in [9.17, 15) is 13.2 Å². The van der Waals surface area contributed by atoms with Crippen molar-refractivity contribution >= 4 is 16.2 Å². The Bertz CT molecular complexity index is 376. The zero-order valence-corrected chi connectivity index (χ0v) is 10.7. The van der Waals surface area contributed by atoms with Gasteiger partial charge in [0, 0.05) is 12.6 Å². The summed E-state index contributed by atoms with van der Waals surface area (Å²) in [4.78, 5) is 11.3. The van der Waals surface area contributed by atoms with E-state index >= 15 is 0 Å². The number of carbonyl (C=O) groups is 1. The summed E-state index contributed by atoms with van der Waals surface area (Å²) < 4.78 is 32.0. The predicted octanol–water partition coefficient (Wildman–Crippen LogP) is 0.0343. The third-order valence-corrected chi connectivity index (χ3v) is 3.77. The fraction of sp³-hybridized carbons (Fsp3) is 0.700. The van der Waals surface area contributed by atoms with Crippen LogP contribution in [0.5, 0.6) is 0 Å². The highest BCUT2D eigenvalue weighted by atomic mass is 32.2. The zero-order chi connectivity index (χ0) is 12.9. The summed E-state index contributed by atoms with van der Waals surface area (Å²) >= 11 is 0. The van der Waals surface area contributed by atoms with Gasteiger partial charge in [0.15, 0.2) is 0 Å². The molecule has 6 nitrogen and oxygen atoms in total. The summed E-state index contributed by atoms with van der Waals surface area (Å²) in [5.74, 6) is -0.560. The van der Waals surface area contributed by atoms with Crippen LogP contribution in [0.25, 0.3) is 0 Å². The maximum atomic E-state index is 11.9. The number of rotatable bonds is 8. The Kier molecular flexibility index (Phi) is 5.10. The van der Waals surface area contributed by atoms with Gasteiger partial charge in [0.1, 0.15) is 6.54 Å². The zero-order valence-electron chi connectivity index (χ0n) is 9.89. The average molecular weight is 262 g/mol. The number of nitrogens with one attached hydrogen (secondary N) is 1. The number of carbonyl (C=O) groups excluding carboxylic acids is 1. The highest BCUT2D eigenvalue weighted by Crippen LogP contribution is 2.20. The Morgan fingerprint density at radius 3 is 2.71 bits per heavy atom. The second-order valence-electron chi connectivity index (χ2n) is 3.78. The van der Waals surface area contributed by atoms with Crippen molar-refractivity contribution in [1.29, 1.82) is 0 Å². The molecule has 0 heterocycles. The lowest BCUT2D eigenvalue weighted by Gasteiger charge is -2.19. The largest absolute Gasteiger partial charge is 0.465 e. The van der Waals surface area contributed by atoms with Crippen LogP contribution >= 0.6 is 0 Å². The van der Waals surface area contributed by atoms with Crippen LogP contribution in [-0.2, 0) is 19.7 Å². The standard InChI is InChI=1S/C10H18N2O4S/c1-3-7-12(8-10(13)16-4-2)17(14,15)11-9-5-6-9/h3,9,11H,1,4-8H2,2H3. The average Bonchev–Trinajstić information content (AvgIpc) is 3.00. The summed E-state index contributed by atoms with van der Waals surface area (Å²) in [6.07, 6.45) is 3.13. The van der Waals surface area contributed by atoms with Gasteiger partial charge in [0.25, 0.3) is 10.2 Å². The van der Waals surface area contributed by atoms with Gasteiger partial charge in [-0.05, 0) is 19.8 Å². The van der Waals surface area contributed by atoms with Crippen LogP contribution in [0, 0.1) is 0 Å². The molecule has 0 aromatic heterocycles. The van der Waals surface area contributed by atoms with Gasteiger partial charge in [-0.2, -0.15) is 17.4 Å². The van der Waals surface area contributed by atoms with E-state index in [1.54, 1.807) is 6.92 Å². The van der Waals surface area contributed by atoms with Gasteiger partial charge in [0.2, 0.25) is 0 Å². The number of hydrogen-bond donors (Lipinski definition) is 1. The maximum absolute atomic E-state index is 11.9. The van der Waals surface area contributed by atoms with Crippen molar-refractivity contribution in [3.8, 4) is 0 Å². The Morgan fingerprint density at radius 2 is 2.24 bits per heavy atom. The molecule has 1 rings (SSSR count). The molecule has 1 aliphatic rings. The molecule has 0 saturated heterocycles. The van der Waals surface area contributed by atoms with E-state index in [-0.39, 0.29) is 25.7 Å². The lowest BCUT2D eigenvalue weighted by Crippen LogP contribution is -2.44. The molecule has 98 valence electrons. The molecule has 0 bridgehead atoms. The highest BCUT2D eigenvalue weighted by Gasteiger charge is 2.31. The molecule has 0 atom stereocenters. The van der Waals surface area contributed by atoms with Crippen LogP contribution in [0.4, 0.5) is 0 Å². The van der Waals surface area contributed by atoms with E-state index in [1.165, 1.54) is 6.08 Å². The molecular weight excluding hydrogens is 244 g/mol. The van der Waals surface area contributed by atoms with Gasteiger partial charge >= 0.3 is 5.97 Å². The fourth-order valence-electron chi connectivity index (χ4n) is 1.23. The molecule has 1 aliphatic carbocycles. The topological polar surface area (TPSA) is 75.7 Å². The molecule has 0 aromatic carbocycles. The minimum atomic E-state index is -3.62. The summed E-state index contributed by atoms with van der Waals surface area (Å²) in [6, 6.07) is 0.00881. The normalized spacial score (nSPS) is 15.9. The molecule has 17 heavy (non-hydrogen) atoms. The van der Waals surface area contributed by atoms with Crippen molar-refractivity contribution in [2.24, 2.45) is 0 Å². The predicted molar refractivity (Wildman–Crippen MR) is 63.5 cm³/mol. The minimum Gasteiger partial charge on any atom is -0.465 e. The monoisotopic (exact) mass is 262 g/mol. The molecule has 0 aliphatic heterocycles. The fourth-order valence-corrected chi connectivity index (χ4v) is 2.61. The van der Waals surface area contributed by atoms with Crippen LogP contribution in [-0.4, -0.2) is 44.4 Å². The second kappa shape index (κ2) is 6.13. The van der Waals surface area contributed by atoms with E-state index < -0.39 is 16.2 Å². The van der Waals surface area contributed by atoms with Crippen molar-refractivity contribution in [3.63, 3.8) is 0 Å². The van der Waals surface area contributed by atoms with Crippen molar-refractivity contribution < 1.29 is 17.9 Å². The quantitative estimate of drug-likeness (QED) is 0.495. The van der Waals surface area contributed by atoms with E-state index in [4.69, 9.17) is 4.74 Å². The Morgan fingerprint density at radius 1 is 1.59 bits per heavy atom. The molecule has 1 fully saturated rings. The van der Waals surface area contributed by atoms with Gasteiger partial charge in [0.05, 0.1) is 6.61 Å². The van der Waals surface area contributed by atoms with Crippen molar-refractivity contribution in [2.45, 2.75) is 25.8 Å². The van der Waals surface area contributed by atoms with Gasteiger partial charge in [-0.25, -0.2) is 0 Å². The number of nitrogens with zero attached hydrogens (tertiary/aromatic N) is 1. The highest BCUT2D eigenvalue weighted by molar-refractivity contribution is 7.87. The molecule has 0 aromatic rings.